The van der Waals surface area contributed by atoms with Crippen LogP contribution in [-0.4, -0.2) is 16.3 Å². The minimum absolute atomic E-state index is 0.169. The SMILES string of the molecule is O=c1c(Br)cnc(-c2ccc3c(c2)OCO3)n1Cc1cccc(F)c1. The molecule has 0 radical (unpaired) electrons. The molecule has 1 aliphatic rings. The van der Waals surface area contributed by atoms with Crippen LogP contribution in [0.2, 0.25) is 0 Å². The second-order valence-corrected chi connectivity index (χ2v) is 6.37. The van der Waals surface area contributed by atoms with Crippen molar-refractivity contribution in [2.24, 2.45) is 0 Å². The molecule has 126 valence electrons. The number of aromatic nitrogens is 2. The zero-order chi connectivity index (χ0) is 17.4. The Kier molecular flexibility index (Phi) is 4.01. The summed E-state index contributed by atoms with van der Waals surface area (Å²) >= 11 is 3.22. The highest BCUT2D eigenvalue weighted by Gasteiger charge is 2.17. The zero-order valence-electron chi connectivity index (χ0n) is 12.9. The second-order valence-electron chi connectivity index (χ2n) is 5.52. The van der Waals surface area contributed by atoms with E-state index in [2.05, 4.69) is 20.9 Å². The Hall–Kier alpha value is -2.67. The smallest absolute Gasteiger partial charge is 0.268 e. The van der Waals surface area contributed by atoms with Crippen LogP contribution in [0, 0.1) is 5.82 Å². The number of nitrogens with zero attached hydrogens (tertiary/aromatic N) is 2. The monoisotopic (exact) mass is 402 g/mol. The van der Waals surface area contributed by atoms with E-state index in [9.17, 15) is 9.18 Å². The van der Waals surface area contributed by atoms with Gasteiger partial charge in [-0.05, 0) is 51.8 Å². The maximum atomic E-state index is 13.5. The van der Waals surface area contributed by atoms with Crippen LogP contribution >= 0.6 is 15.9 Å². The first-order chi connectivity index (χ1) is 12.1. The van der Waals surface area contributed by atoms with Gasteiger partial charge in [0, 0.05) is 11.8 Å². The number of benzene rings is 2. The molecule has 0 fully saturated rings. The van der Waals surface area contributed by atoms with E-state index in [-0.39, 0.29) is 24.7 Å². The highest BCUT2D eigenvalue weighted by molar-refractivity contribution is 9.10. The third-order valence-electron chi connectivity index (χ3n) is 3.87. The van der Waals surface area contributed by atoms with Gasteiger partial charge in [0.2, 0.25) is 6.79 Å². The maximum Gasteiger partial charge on any atom is 0.268 e. The van der Waals surface area contributed by atoms with Gasteiger partial charge in [-0.25, -0.2) is 9.37 Å². The van der Waals surface area contributed by atoms with Gasteiger partial charge < -0.3 is 9.47 Å². The number of hydrogen-bond donors (Lipinski definition) is 0. The molecule has 1 aromatic heterocycles. The molecule has 0 saturated heterocycles. The van der Waals surface area contributed by atoms with Crippen molar-refractivity contribution in [3.05, 3.63) is 74.9 Å². The summed E-state index contributed by atoms with van der Waals surface area (Å²) in [6.45, 7) is 0.370. The first-order valence-electron chi connectivity index (χ1n) is 7.51. The van der Waals surface area contributed by atoms with E-state index in [4.69, 9.17) is 9.47 Å². The van der Waals surface area contributed by atoms with E-state index in [0.717, 1.165) is 0 Å². The lowest BCUT2D eigenvalue weighted by atomic mass is 10.1. The number of hydrogen-bond acceptors (Lipinski definition) is 4. The van der Waals surface area contributed by atoms with Crippen molar-refractivity contribution in [1.82, 2.24) is 9.55 Å². The fourth-order valence-electron chi connectivity index (χ4n) is 2.70. The fourth-order valence-corrected chi connectivity index (χ4v) is 3.01. The molecule has 5 nitrogen and oxygen atoms in total. The third-order valence-corrected chi connectivity index (χ3v) is 4.41. The summed E-state index contributed by atoms with van der Waals surface area (Å²) in [5, 5.41) is 0. The molecule has 0 spiro atoms. The van der Waals surface area contributed by atoms with Crippen LogP contribution < -0.4 is 15.0 Å². The van der Waals surface area contributed by atoms with E-state index in [1.165, 1.54) is 22.9 Å². The lowest BCUT2D eigenvalue weighted by Gasteiger charge is -2.13. The van der Waals surface area contributed by atoms with E-state index in [1.807, 2.05) is 6.07 Å². The van der Waals surface area contributed by atoms with Gasteiger partial charge in [-0.15, -0.1) is 0 Å². The lowest BCUT2D eigenvalue weighted by Crippen LogP contribution is -2.24. The van der Waals surface area contributed by atoms with Crippen molar-refractivity contribution in [1.29, 1.82) is 0 Å². The van der Waals surface area contributed by atoms with Crippen LogP contribution in [0.4, 0.5) is 4.39 Å². The highest BCUT2D eigenvalue weighted by atomic mass is 79.9. The van der Waals surface area contributed by atoms with Gasteiger partial charge in [-0.1, -0.05) is 12.1 Å². The molecule has 0 amide bonds. The summed E-state index contributed by atoms with van der Waals surface area (Å²) < 4.78 is 26.0. The van der Waals surface area contributed by atoms with Crippen molar-refractivity contribution in [3.63, 3.8) is 0 Å². The molecule has 2 aromatic carbocycles. The molecule has 0 unspecified atom stereocenters. The Balaban J connectivity index is 1.83. The van der Waals surface area contributed by atoms with Gasteiger partial charge in [0.15, 0.2) is 11.5 Å². The molecular weight excluding hydrogens is 391 g/mol. The average molecular weight is 403 g/mol. The predicted octanol–water partition coefficient (Wildman–Crippen LogP) is 3.59. The minimum atomic E-state index is -0.349. The van der Waals surface area contributed by atoms with Crippen LogP contribution in [0.3, 0.4) is 0 Å². The topological polar surface area (TPSA) is 53.4 Å². The first kappa shape index (κ1) is 15.8. The lowest BCUT2D eigenvalue weighted by molar-refractivity contribution is 0.174. The Morgan fingerprint density at radius 2 is 2.00 bits per heavy atom. The molecule has 0 atom stereocenters. The molecule has 0 N–H and O–H groups in total. The molecule has 25 heavy (non-hydrogen) atoms. The Bertz CT molecular complexity index is 1020. The summed E-state index contributed by atoms with van der Waals surface area (Å²) in [5.74, 6) is 1.38. The van der Waals surface area contributed by atoms with Crippen molar-refractivity contribution < 1.29 is 13.9 Å². The Morgan fingerprint density at radius 1 is 1.16 bits per heavy atom. The predicted molar refractivity (Wildman–Crippen MR) is 93.3 cm³/mol. The molecule has 0 saturated carbocycles. The van der Waals surface area contributed by atoms with Crippen molar-refractivity contribution in [2.75, 3.05) is 6.79 Å². The molecule has 0 aliphatic carbocycles. The summed E-state index contributed by atoms with van der Waals surface area (Å²) in [6, 6.07) is 11.5. The van der Waals surface area contributed by atoms with Crippen LogP contribution in [-0.2, 0) is 6.54 Å². The van der Waals surface area contributed by atoms with Crippen LogP contribution in [0.5, 0.6) is 11.5 Å². The van der Waals surface area contributed by atoms with Gasteiger partial charge in [-0.3, -0.25) is 9.36 Å². The number of ether oxygens (including phenoxy) is 2. The van der Waals surface area contributed by atoms with Crippen LogP contribution in [0.15, 0.2) is 57.9 Å². The van der Waals surface area contributed by atoms with Gasteiger partial charge in [0.1, 0.15) is 16.1 Å². The molecule has 4 rings (SSSR count). The van der Waals surface area contributed by atoms with Gasteiger partial charge in [-0.2, -0.15) is 0 Å². The Labute approximate surface area is 150 Å². The number of rotatable bonds is 3. The standard InChI is InChI=1S/C18H12BrFN2O3/c19-14-8-21-17(12-4-5-15-16(7-12)25-10-24-15)22(18(14)23)9-11-2-1-3-13(20)6-11/h1-8H,9-10H2. The minimum Gasteiger partial charge on any atom is -0.454 e. The van der Waals surface area contributed by atoms with Gasteiger partial charge >= 0.3 is 0 Å². The van der Waals surface area contributed by atoms with Crippen molar-refractivity contribution >= 4 is 15.9 Å². The second kappa shape index (κ2) is 6.33. The van der Waals surface area contributed by atoms with Crippen LogP contribution in [0.25, 0.3) is 11.4 Å². The molecule has 1 aliphatic heterocycles. The van der Waals surface area contributed by atoms with Crippen molar-refractivity contribution in [2.45, 2.75) is 6.54 Å². The molecule has 7 heteroatoms. The number of fused-ring (bicyclic) bond motifs is 1. The molecule has 3 aromatic rings. The van der Waals surface area contributed by atoms with Gasteiger partial charge in [0.25, 0.3) is 5.56 Å². The zero-order valence-corrected chi connectivity index (χ0v) is 14.5. The van der Waals surface area contributed by atoms with E-state index < -0.39 is 0 Å². The third kappa shape index (κ3) is 3.02. The Morgan fingerprint density at radius 3 is 2.84 bits per heavy atom. The quantitative estimate of drug-likeness (QED) is 0.671. The highest BCUT2D eigenvalue weighted by Crippen LogP contribution is 2.35. The first-order valence-corrected chi connectivity index (χ1v) is 8.31. The van der Waals surface area contributed by atoms with E-state index in [0.29, 0.717) is 32.9 Å². The van der Waals surface area contributed by atoms with Crippen molar-refractivity contribution in [3.8, 4) is 22.9 Å². The summed E-state index contributed by atoms with van der Waals surface area (Å²) in [7, 11) is 0. The molecular formula is C18H12BrFN2O3. The molecule has 2 heterocycles. The average Bonchev–Trinajstić information content (AvgIpc) is 3.07. The van der Waals surface area contributed by atoms with Gasteiger partial charge in [0.05, 0.1) is 6.54 Å². The summed E-state index contributed by atoms with van der Waals surface area (Å²) in [5.41, 5.74) is 1.14. The largest absolute Gasteiger partial charge is 0.454 e. The fraction of sp³-hybridized carbons (Fsp3) is 0.111. The number of halogens is 2. The van der Waals surface area contributed by atoms with Crippen LogP contribution in [0.1, 0.15) is 5.56 Å². The normalized spacial score (nSPS) is 12.4. The van der Waals surface area contributed by atoms with E-state index >= 15 is 0 Å². The summed E-state index contributed by atoms with van der Waals surface area (Å²) in [4.78, 5) is 17.0. The molecule has 0 bridgehead atoms. The maximum absolute atomic E-state index is 13.5. The van der Waals surface area contributed by atoms with E-state index in [1.54, 1.807) is 24.3 Å². The summed E-state index contributed by atoms with van der Waals surface area (Å²) in [6.07, 6.45) is 1.46.